The van der Waals surface area contributed by atoms with Crippen molar-refractivity contribution in [3.8, 4) is 0 Å². The maximum Gasteiger partial charge on any atom is 0.329 e. The van der Waals surface area contributed by atoms with Crippen LogP contribution in [-0.4, -0.2) is 35.4 Å². The fourth-order valence-electron chi connectivity index (χ4n) is 2.76. The van der Waals surface area contributed by atoms with Crippen molar-refractivity contribution in [2.24, 2.45) is 11.6 Å². The van der Waals surface area contributed by atoms with Crippen LogP contribution in [0.25, 0.3) is 0 Å². The minimum atomic E-state index is -0.586. The summed E-state index contributed by atoms with van der Waals surface area (Å²) in [4.78, 5) is 26.7. The van der Waals surface area contributed by atoms with Crippen LogP contribution in [-0.2, 0) is 20.9 Å². The van der Waals surface area contributed by atoms with Gasteiger partial charge in [-0.05, 0) is 24.3 Å². The van der Waals surface area contributed by atoms with Gasteiger partial charge in [-0.25, -0.2) is 4.79 Å². The summed E-state index contributed by atoms with van der Waals surface area (Å²) in [6.45, 7) is 4.67. The Kier molecular flexibility index (Phi) is 5.64. The van der Waals surface area contributed by atoms with E-state index in [1.807, 2.05) is 44.2 Å². The third kappa shape index (κ3) is 4.32. The zero-order valence-corrected chi connectivity index (χ0v) is 13.8. The zero-order valence-electron chi connectivity index (χ0n) is 14.8. The van der Waals surface area contributed by atoms with Crippen molar-refractivity contribution >= 4 is 11.9 Å². The second-order valence-corrected chi connectivity index (χ2v) is 6.15. The number of carbonyl (C=O) groups excluding carboxylic acids is 2. The van der Waals surface area contributed by atoms with Gasteiger partial charge in [0.15, 0.2) is 0 Å². The van der Waals surface area contributed by atoms with Gasteiger partial charge < -0.3 is 15.4 Å². The van der Waals surface area contributed by atoms with Gasteiger partial charge in [0.25, 0.3) is 0 Å². The van der Waals surface area contributed by atoms with Crippen LogP contribution in [0.15, 0.2) is 30.3 Å². The largest absolute Gasteiger partial charge is 0.459 e. The molecule has 1 saturated heterocycles. The van der Waals surface area contributed by atoms with Crippen LogP contribution in [0.2, 0.25) is 1.41 Å². The Morgan fingerprint density at radius 3 is 2.83 bits per heavy atom. The lowest BCUT2D eigenvalue weighted by Gasteiger charge is -2.28. The van der Waals surface area contributed by atoms with Gasteiger partial charge in [0.2, 0.25) is 5.91 Å². The molecular formula is C18H26N2O3. The molecule has 126 valence electrons. The number of hydrogen-bond acceptors (Lipinski definition) is 4. The minimum absolute atomic E-state index is 0.0385. The summed E-state index contributed by atoms with van der Waals surface area (Å²) in [5, 5.41) is 0. The maximum absolute atomic E-state index is 12.7. The molecule has 0 saturated carbocycles. The Bertz CT molecular complexity index is 552. The number of amides is 1. The third-order valence-electron chi connectivity index (χ3n) is 4.51. The van der Waals surface area contributed by atoms with Crippen molar-refractivity contribution in [2.45, 2.75) is 51.8 Å². The summed E-state index contributed by atoms with van der Waals surface area (Å²) in [7, 11) is 0. The second-order valence-electron chi connectivity index (χ2n) is 6.15. The first-order valence-electron chi connectivity index (χ1n) is 8.76. The predicted molar refractivity (Wildman–Crippen MR) is 88.4 cm³/mol. The number of rotatable bonds is 7. The molecule has 1 aromatic carbocycles. The summed E-state index contributed by atoms with van der Waals surface area (Å²) in [6.07, 6.45) is 2.19. The number of likely N-dealkylation sites (tertiary alicyclic amines) is 1. The molecule has 5 nitrogen and oxygen atoms in total. The van der Waals surface area contributed by atoms with Gasteiger partial charge in [-0.1, -0.05) is 50.6 Å². The van der Waals surface area contributed by atoms with E-state index < -0.39 is 12.1 Å². The number of nitrogens with two attached hydrogens (primary N) is 1. The van der Waals surface area contributed by atoms with Crippen LogP contribution in [0.4, 0.5) is 0 Å². The summed E-state index contributed by atoms with van der Waals surface area (Å²) < 4.78 is 12.8. The molecule has 3 atom stereocenters. The van der Waals surface area contributed by atoms with Crippen LogP contribution in [0.5, 0.6) is 0 Å². The summed E-state index contributed by atoms with van der Waals surface area (Å²) >= 11 is 0. The highest BCUT2D eigenvalue weighted by atomic mass is 16.5. The predicted octanol–water partition coefficient (Wildman–Crippen LogP) is 2.09. The number of hydrogen-bond donors (Lipinski definition) is 1. The van der Waals surface area contributed by atoms with E-state index in [0.717, 1.165) is 18.4 Å². The highest BCUT2D eigenvalue weighted by molar-refractivity contribution is 5.88. The standard InChI is InChI=1S/C18H26N2O3/c1-3-13(2)16(19)17(21)20-11-7-10-15(20)18(22)23-12-14-8-5-4-6-9-14/h4-6,8-9,13,15-16H,3,7,10-12,19H2,1-2H3/t13?,15-,16?/m0/s1/i/hT. The van der Waals surface area contributed by atoms with E-state index in [4.69, 9.17) is 6.15 Å². The Morgan fingerprint density at radius 2 is 2.17 bits per heavy atom. The number of nitrogens with zero attached hydrogens (tertiary/aromatic N) is 1. The lowest BCUT2D eigenvalue weighted by Crippen LogP contribution is -2.51. The molecule has 0 aromatic heterocycles. The van der Waals surface area contributed by atoms with Crippen LogP contribution in [0.1, 0.15) is 38.7 Å². The van der Waals surface area contributed by atoms with Crippen molar-refractivity contribution in [2.75, 3.05) is 6.54 Å². The summed E-state index contributed by atoms with van der Waals surface area (Å²) in [5.41, 5.74) is 3.28. The molecule has 1 aliphatic heterocycles. The Labute approximate surface area is 139 Å². The molecule has 0 bridgehead atoms. The van der Waals surface area contributed by atoms with E-state index in [0.29, 0.717) is 13.0 Å². The van der Waals surface area contributed by atoms with E-state index in [-0.39, 0.29) is 24.4 Å². The Balaban J connectivity index is 1.98. The second kappa shape index (κ2) is 8.11. The molecule has 5 heteroatoms. The van der Waals surface area contributed by atoms with Gasteiger partial charge in [-0.2, -0.15) is 0 Å². The van der Waals surface area contributed by atoms with E-state index in [1.54, 1.807) is 4.90 Å². The number of esters is 1. The lowest BCUT2D eigenvalue weighted by atomic mass is 9.98. The number of ether oxygens (including phenoxy) is 1. The summed E-state index contributed by atoms with van der Waals surface area (Å²) in [6, 6.07) is 8.36. The molecule has 1 amide bonds. The van der Waals surface area contributed by atoms with Crippen LogP contribution in [0.3, 0.4) is 0 Å². The first kappa shape index (κ1) is 16.0. The van der Waals surface area contributed by atoms with Gasteiger partial charge in [-0.3, -0.25) is 4.79 Å². The first-order valence-corrected chi connectivity index (χ1v) is 8.26. The molecular weight excluding hydrogens is 292 g/mol. The van der Waals surface area contributed by atoms with Crippen LogP contribution in [0, 0.1) is 5.92 Å². The third-order valence-corrected chi connectivity index (χ3v) is 4.51. The van der Waals surface area contributed by atoms with Gasteiger partial charge in [0, 0.05) is 6.54 Å². The van der Waals surface area contributed by atoms with Crippen molar-refractivity contribution in [3.05, 3.63) is 35.9 Å². The Hall–Kier alpha value is -1.88. The Morgan fingerprint density at radius 1 is 1.43 bits per heavy atom. The molecule has 1 fully saturated rings. The normalized spacial score (nSPS) is 20.7. The molecule has 1 aromatic rings. The molecule has 2 N–H and O–H groups in total. The van der Waals surface area contributed by atoms with E-state index in [9.17, 15) is 9.59 Å². The molecule has 1 heterocycles. The summed E-state index contributed by atoms with van der Waals surface area (Å²) in [5.74, 6) is -0.507. The quantitative estimate of drug-likeness (QED) is 0.781. The molecule has 1 aliphatic rings. The number of carbonyl (C=O) groups is 2. The zero-order chi connectivity index (χ0) is 17.5. The fraction of sp³-hybridized carbons (Fsp3) is 0.556. The van der Waals surface area contributed by atoms with Crippen molar-refractivity contribution in [1.82, 2.24) is 4.90 Å². The molecule has 0 aliphatic carbocycles. The number of benzene rings is 1. The molecule has 2 unspecified atom stereocenters. The van der Waals surface area contributed by atoms with Crippen LogP contribution >= 0.6 is 0 Å². The van der Waals surface area contributed by atoms with Crippen LogP contribution < -0.4 is 5.73 Å². The SMILES string of the molecule is [3H]NC(C(=O)N1CCC[C@H]1C(=O)OCc1ccccc1)C(C)CC. The minimum Gasteiger partial charge on any atom is -0.459 e. The van der Waals surface area contributed by atoms with Crippen molar-refractivity contribution in [1.29, 1.82) is 0 Å². The van der Waals surface area contributed by atoms with Crippen molar-refractivity contribution in [3.63, 3.8) is 0 Å². The lowest BCUT2D eigenvalue weighted by molar-refractivity contribution is -0.155. The average Bonchev–Trinajstić information content (AvgIpc) is 3.10. The van der Waals surface area contributed by atoms with Gasteiger partial charge in [0.05, 0.1) is 6.04 Å². The monoisotopic (exact) mass is 320 g/mol. The molecule has 23 heavy (non-hydrogen) atoms. The smallest absolute Gasteiger partial charge is 0.329 e. The van der Waals surface area contributed by atoms with E-state index in [1.165, 1.54) is 0 Å². The van der Waals surface area contributed by atoms with Gasteiger partial charge >= 0.3 is 5.97 Å². The topological polar surface area (TPSA) is 72.6 Å². The molecule has 2 rings (SSSR count). The molecule has 0 spiro atoms. The average molecular weight is 320 g/mol. The maximum atomic E-state index is 12.7. The van der Waals surface area contributed by atoms with Crippen molar-refractivity contribution < 1.29 is 15.7 Å². The van der Waals surface area contributed by atoms with E-state index in [2.05, 4.69) is 5.73 Å². The van der Waals surface area contributed by atoms with Gasteiger partial charge in [-0.15, -0.1) is 0 Å². The van der Waals surface area contributed by atoms with E-state index >= 15 is 0 Å². The van der Waals surface area contributed by atoms with Gasteiger partial charge in [0.1, 0.15) is 14.1 Å². The highest BCUT2D eigenvalue weighted by Crippen LogP contribution is 2.21. The fourth-order valence-corrected chi connectivity index (χ4v) is 2.76. The highest BCUT2D eigenvalue weighted by Gasteiger charge is 2.38. The first-order chi connectivity index (χ1) is 11.6. The molecule has 0 radical (unpaired) electrons.